The van der Waals surface area contributed by atoms with Crippen LogP contribution in [0.5, 0.6) is 0 Å². The lowest BCUT2D eigenvalue weighted by atomic mass is 10.1. The number of para-hydroxylation sites is 1. The van der Waals surface area contributed by atoms with Crippen molar-refractivity contribution in [2.75, 3.05) is 11.1 Å². The van der Waals surface area contributed by atoms with Crippen LogP contribution in [0.2, 0.25) is 0 Å². The van der Waals surface area contributed by atoms with Crippen molar-refractivity contribution >= 4 is 23.4 Å². The van der Waals surface area contributed by atoms with Gasteiger partial charge in [0.15, 0.2) is 0 Å². The van der Waals surface area contributed by atoms with Crippen LogP contribution in [-0.2, 0) is 11.2 Å². The second-order valence-corrected chi connectivity index (χ2v) is 5.99. The number of aromatic nitrogens is 3. The van der Waals surface area contributed by atoms with Crippen LogP contribution in [0, 0.1) is 5.82 Å². The van der Waals surface area contributed by atoms with E-state index in [4.69, 9.17) is 0 Å². The molecule has 3 aromatic rings. The van der Waals surface area contributed by atoms with E-state index in [1.165, 1.54) is 23.9 Å². The minimum Gasteiger partial charge on any atom is -0.323 e. The quantitative estimate of drug-likeness (QED) is 0.675. The molecule has 1 heterocycles. The predicted molar refractivity (Wildman–Crippen MR) is 91.4 cm³/mol. The lowest BCUT2D eigenvalue weighted by molar-refractivity contribution is -0.113. The Morgan fingerprint density at radius 2 is 1.88 bits per heavy atom. The van der Waals surface area contributed by atoms with Gasteiger partial charge >= 0.3 is 0 Å². The number of anilines is 1. The molecule has 0 aliphatic heterocycles. The first-order chi connectivity index (χ1) is 11.7. The molecule has 0 saturated heterocycles. The molecule has 1 amide bonds. The molecule has 0 fully saturated rings. The average Bonchev–Trinajstić information content (AvgIpc) is 3.03. The largest absolute Gasteiger partial charge is 0.323 e. The number of hydrogen-bond donors (Lipinski definition) is 2. The normalized spacial score (nSPS) is 10.5. The van der Waals surface area contributed by atoms with E-state index >= 15 is 0 Å². The van der Waals surface area contributed by atoms with Gasteiger partial charge in [-0.25, -0.2) is 9.37 Å². The van der Waals surface area contributed by atoms with E-state index in [2.05, 4.69) is 20.5 Å². The van der Waals surface area contributed by atoms with Gasteiger partial charge in [-0.1, -0.05) is 54.2 Å². The third-order valence-electron chi connectivity index (χ3n) is 3.21. The number of H-pyrrole nitrogens is 1. The van der Waals surface area contributed by atoms with Gasteiger partial charge in [-0.3, -0.25) is 9.89 Å². The standard InChI is InChI=1S/C17H15FN4OS/c18-13-8-4-5-9-14(13)19-16(23)11-24-17-20-15(21-22-17)10-12-6-2-1-3-7-12/h1-9H,10-11H2,(H,19,23)(H,20,21,22). The van der Waals surface area contributed by atoms with E-state index in [0.717, 1.165) is 11.4 Å². The second kappa shape index (κ2) is 7.74. The van der Waals surface area contributed by atoms with Crippen LogP contribution >= 0.6 is 11.8 Å². The summed E-state index contributed by atoms with van der Waals surface area (Å²) in [7, 11) is 0. The number of halogens is 1. The highest BCUT2D eigenvalue weighted by molar-refractivity contribution is 7.99. The minimum absolute atomic E-state index is 0.108. The van der Waals surface area contributed by atoms with Gasteiger partial charge in [-0.2, -0.15) is 0 Å². The summed E-state index contributed by atoms with van der Waals surface area (Å²) >= 11 is 1.20. The highest BCUT2D eigenvalue weighted by atomic mass is 32.2. The first kappa shape index (κ1) is 16.2. The van der Waals surface area contributed by atoms with Crippen molar-refractivity contribution < 1.29 is 9.18 Å². The number of aromatic amines is 1. The Kier molecular flexibility index (Phi) is 5.22. The lowest BCUT2D eigenvalue weighted by Crippen LogP contribution is -2.15. The summed E-state index contributed by atoms with van der Waals surface area (Å²) in [6.45, 7) is 0. The number of rotatable bonds is 6. The fourth-order valence-corrected chi connectivity index (χ4v) is 2.71. The molecule has 0 saturated carbocycles. The van der Waals surface area contributed by atoms with Crippen molar-refractivity contribution in [3.63, 3.8) is 0 Å². The maximum atomic E-state index is 13.5. The zero-order valence-electron chi connectivity index (χ0n) is 12.7. The van der Waals surface area contributed by atoms with Crippen LogP contribution in [0.1, 0.15) is 11.4 Å². The zero-order chi connectivity index (χ0) is 16.8. The Morgan fingerprint density at radius 1 is 1.12 bits per heavy atom. The number of nitrogens with zero attached hydrogens (tertiary/aromatic N) is 2. The van der Waals surface area contributed by atoms with Crippen molar-refractivity contribution in [3.05, 3.63) is 71.8 Å². The number of nitrogens with one attached hydrogen (secondary N) is 2. The second-order valence-electron chi connectivity index (χ2n) is 5.04. The fourth-order valence-electron chi connectivity index (χ4n) is 2.09. The van der Waals surface area contributed by atoms with Gasteiger partial charge in [0, 0.05) is 6.42 Å². The van der Waals surface area contributed by atoms with Crippen molar-refractivity contribution in [3.8, 4) is 0 Å². The maximum Gasteiger partial charge on any atom is 0.234 e. The number of hydrogen-bond acceptors (Lipinski definition) is 4. The Labute approximate surface area is 142 Å². The van der Waals surface area contributed by atoms with Gasteiger partial charge < -0.3 is 5.32 Å². The first-order valence-electron chi connectivity index (χ1n) is 7.33. The molecule has 0 unspecified atom stereocenters. The molecule has 0 radical (unpaired) electrons. The van der Waals surface area contributed by atoms with E-state index in [-0.39, 0.29) is 17.3 Å². The van der Waals surface area contributed by atoms with Gasteiger partial charge in [0.2, 0.25) is 11.1 Å². The molecule has 3 rings (SSSR count). The summed E-state index contributed by atoms with van der Waals surface area (Å²) in [4.78, 5) is 16.2. The maximum absolute atomic E-state index is 13.5. The molecule has 0 spiro atoms. The van der Waals surface area contributed by atoms with E-state index in [9.17, 15) is 9.18 Å². The summed E-state index contributed by atoms with van der Waals surface area (Å²) in [5, 5.41) is 9.96. The summed E-state index contributed by atoms with van der Waals surface area (Å²) in [5.74, 6) is 0.0772. The van der Waals surface area contributed by atoms with Crippen LogP contribution in [0.25, 0.3) is 0 Å². The Bertz CT molecular complexity index is 822. The monoisotopic (exact) mass is 342 g/mol. The number of amides is 1. The average molecular weight is 342 g/mol. The number of carbonyl (C=O) groups is 1. The third-order valence-corrected chi connectivity index (χ3v) is 4.05. The van der Waals surface area contributed by atoms with E-state index in [0.29, 0.717) is 11.6 Å². The molecule has 24 heavy (non-hydrogen) atoms. The van der Waals surface area contributed by atoms with Gasteiger partial charge in [-0.15, -0.1) is 5.10 Å². The molecule has 7 heteroatoms. The number of carbonyl (C=O) groups excluding carboxylic acids is 1. The van der Waals surface area contributed by atoms with Crippen molar-refractivity contribution in [1.29, 1.82) is 0 Å². The van der Waals surface area contributed by atoms with Gasteiger partial charge in [0.25, 0.3) is 0 Å². The Balaban J connectivity index is 1.52. The first-order valence-corrected chi connectivity index (χ1v) is 8.31. The molecular formula is C17H15FN4OS. The van der Waals surface area contributed by atoms with Crippen LogP contribution in [0.3, 0.4) is 0 Å². The Hall–Kier alpha value is -2.67. The molecule has 122 valence electrons. The smallest absolute Gasteiger partial charge is 0.234 e. The molecule has 0 atom stereocenters. The third kappa shape index (κ3) is 4.42. The molecule has 0 aliphatic rings. The molecule has 2 aromatic carbocycles. The number of thioether (sulfide) groups is 1. The zero-order valence-corrected chi connectivity index (χ0v) is 13.5. The van der Waals surface area contributed by atoms with Crippen LogP contribution in [0.4, 0.5) is 10.1 Å². The van der Waals surface area contributed by atoms with E-state index < -0.39 is 5.82 Å². The summed E-state index contributed by atoms with van der Waals surface area (Å²) < 4.78 is 13.5. The Morgan fingerprint density at radius 3 is 2.67 bits per heavy atom. The molecule has 0 bridgehead atoms. The van der Waals surface area contributed by atoms with Crippen LogP contribution in [0.15, 0.2) is 59.8 Å². The minimum atomic E-state index is -0.459. The highest BCUT2D eigenvalue weighted by Gasteiger charge is 2.10. The van der Waals surface area contributed by atoms with E-state index in [1.54, 1.807) is 12.1 Å². The van der Waals surface area contributed by atoms with Gasteiger partial charge in [0.1, 0.15) is 11.6 Å². The van der Waals surface area contributed by atoms with Crippen LogP contribution < -0.4 is 5.32 Å². The van der Waals surface area contributed by atoms with E-state index in [1.807, 2.05) is 30.3 Å². The molecular weight excluding hydrogens is 327 g/mol. The lowest BCUT2D eigenvalue weighted by Gasteiger charge is -2.04. The van der Waals surface area contributed by atoms with Crippen molar-refractivity contribution in [1.82, 2.24) is 15.2 Å². The topological polar surface area (TPSA) is 70.7 Å². The summed E-state index contributed by atoms with van der Waals surface area (Å²) in [6, 6.07) is 16.0. The highest BCUT2D eigenvalue weighted by Crippen LogP contribution is 2.16. The predicted octanol–water partition coefficient (Wildman–Crippen LogP) is 3.27. The summed E-state index contributed by atoms with van der Waals surface area (Å²) in [5.41, 5.74) is 1.30. The molecule has 2 N–H and O–H groups in total. The van der Waals surface area contributed by atoms with Crippen molar-refractivity contribution in [2.45, 2.75) is 11.6 Å². The SMILES string of the molecule is O=C(CSc1n[nH]c(Cc2ccccc2)n1)Nc1ccccc1F. The fraction of sp³-hybridized carbons (Fsp3) is 0.118. The molecule has 1 aromatic heterocycles. The summed E-state index contributed by atoms with van der Waals surface area (Å²) in [6.07, 6.45) is 0.649. The van der Waals surface area contributed by atoms with Gasteiger partial charge in [-0.05, 0) is 17.7 Å². The molecule has 5 nitrogen and oxygen atoms in total. The van der Waals surface area contributed by atoms with Crippen LogP contribution in [-0.4, -0.2) is 26.8 Å². The van der Waals surface area contributed by atoms with Crippen molar-refractivity contribution in [2.24, 2.45) is 0 Å². The van der Waals surface area contributed by atoms with Gasteiger partial charge in [0.05, 0.1) is 11.4 Å². The molecule has 0 aliphatic carbocycles. The number of benzene rings is 2.